The van der Waals surface area contributed by atoms with Crippen molar-refractivity contribution < 1.29 is 4.42 Å². The van der Waals surface area contributed by atoms with Crippen LogP contribution in [0.4, 0.5) is 0 Å². The van der Waals surface area contributed by atoms with Gasteiger partial charge in [-0.1, -0.05) is 97.1 Å². The minimum absolute atomic E-state index is 0.718. The molecule has 9 rings (SSSR count). The Hall–Kier alpha value is -5.06. The lowest BCUT2D eigenvalue weighted by atomic mass is 9.98. The van der Waals surface area contributed by atoms with E-state index in [4.69, 9.17) is 14.4 Å². The van der Waals surface area contributed by atoms with Crippen LogP contribution >= 0.6 is 11.3 Å². The first kappa shape index (κ1) is 21.8. The molecule has 0 spiro atoms. The van der Waals surface area contributed by atoms with Gasteiger partial charge in [-0.05, 0) is 50.9 Å². The Morgan fingerprint density at radius 3 is 2.35 bits per heavy atom. The highest BCUT2D eigenvalue weighted by molar-refractivity contribution is 7.26. The standard InChI is InChI=1S/C36H20N2OS/c1-2-10-24-21(7-1)15-16-28-26(24)17-18-30-32(28)34-35(39-30)33(37-20-38-34)23-9-5-8-22(19-23)25-12-6-13-29-27-11-3-4-14-31(27)40-36(25)29/h1-20H. The zero-order valence-corrected chi connectivity index (χ0v) is 22.1. The van der Waals surface area contributed by atoms with Gasteiger partial charge in [0.25, 0.3) is 0 Å². The van der Waals surface area contributed by atoms with Gasteiger partial charge in [0.2, 0.25) is 0 Å². The summed E-state index contributed by atoms with van der Waals surface area (Å²) >= 11 is 1.85. The van der Waals surface area contributed by atoms with Crippen molar-refractivity contribution in [2.75, 3.05) is 0 Å². The minimum atomic E-state index is 0.718. The lowest BCUT2D eigenvalue weighted by molar-refractivity contribution is 0.667. The van der Waals surface area contributed by atoms with E-state index in [-0.39, 0.29) is 0 Å². The third kappa shape index (κ3) is 3.05. The van der Waals surface area contributed by atoms with Crippen LogP contribution in [0.15, 0.2) is 126 Å². The fourth-order valence-electron chi connectivity index (χ4n) is 6.17. The molecule has 0 N–H and O–H groups in total. The summed E-state index contributed by atoms with van der Waals surface area (Å²) in [7, 11) is 0. The van der Waals surface area contributed by atoms with E-state index in [0.717, 1.165) is 44.3 Å². The quantitative estimate of drug-likeness (QED) is 0.210. The van der Waals surface area contributed by atoms with Crippen molar-refractivity contribution in [2.24, 2.45) is 0 Å². The van der Waals surface area contributed by atoms with Gasteiger partial charge in [0.15, 0.2) is 5.58 Å². The summed E-state index contributed by atoms with van der Waals surface area (Å²) in [5.74, 6) is 0. The topological polar surface area (TPSA) is 38.9 Å². The van der Waals surface area contributed by atoms with E-state index in [1.54, 1.807) is 6.33 Å². The highest BCUT2D eigenvalue weighted by atomic mass is 32.1. The molecule has 6 aromatic carbocycles. The average Bonchev–Trinajstić information content (AvgIpc) is 3.59. The molecule has 0 aliphatic rings. The molecule has 3 heterocycles. The second kappa shape index (κ2) is 8.22. The summed E-state index contributed by atoms with van der Waals surface area (Å²) < 4.78 is 9.10. The lowest BCUT2D eigenvalue weighted by Gasteiger charge is -2.07. The molecule has 0 aliphatic heterocycles. The number of fused-ring (bicyclic) bond motifs is 10. The third-order valence-electron chi connectivity index (χ3n) is 7.99. The van der Waals surface area contributed by atoms with Crippen LogP contribution in [-0.2, 0) is 0 Å². The maximum atomic E-state index is 6.49. The molecule has 0 unspecified atom stereocenters. The zero-order chi connectivity index (χ0) is 26.2. The molecular formula is C36H20N2OS. The number of thiophene rings is 1. The number of benzene rings is 6. The van der Waals surface area contributed by atoms with Crippen LogP contribution in [0, 0.1) is 0 Å². The average molecular weight is 529 g/mol. The Bertz CT molecular complexity index is 2450. The Morgan fingerprint density at radius 2 is 1.38 bits per heavy atom. The summed E-state index contributed by atoms with van der Waals surface area (Å²) in [6.45, 7) is 0. The molecule has 0 atom stereocenters. The molecule has 0 radical (unpaired) electrons. The number of nitrogens with zero attached hydrogens (tertiary/aromatic N) is 2. The van der Waals surface area contributed by atoms with Gasteiger partial charge in [0, 0.05) is 25.7 Å². The van der Waals surface area contributed by atoms with E-state index >= 15 is 0 Å². The predicted molar refractivity (Wildman–Crippen MR) is 168 cm³/mol. The van der Waals surface area contributed by atoms with Crippen LogP contribution in [0.25, 0.3) is 86.2 Å². The first-order valence-electron chi connectivity index (χ1n) is 13.3. The molecule has 0 saturated carbocycles. The highest BCUT2D eigenvalue weighted by Gasteiger charge is 2.18. The van der Waals surface area contributed by atoms with E-state index in [2.05, 4.69) is 115 Å². The molecule has 3 nitrogen and oxygen atoms in total. The molecule has 9 aromatic rings. The van der Waals surface area contributed by atoms with Crippen molar-refractivity contribution >= 4 is 75.1 Å². The number of hydrogen-bond acceptors (Lipinski definition) is 4. The van der Waals surface area contributed by atoms with Crippen LogP contribution in [0.2, 0.25) is 0 Å². The first-order valence-corrected chi connectivity index (χ1v) is 14.1. The lowest BCUT2D eigenvalue weighted by Crippen LogP contribution is -1.88. The van der Waals surface area contributed by atoms with Gasteiger partial charge < -0.3 is 4.42 Å². The Kier molecular flexibility index (Phi) is 4.48. The highest BCUT2D eigenvalue weighted by Crippen LogP contribution is 2.42. The fraction of sp³-hybridized carbons (Fsp3) is 0. The third-order valence-corrected chi connectivity index (χ3v) is 9.21. The fourth-order valence-corrected chi connectivity index (χ4v) is 7.41. The van der Waals surface area contributed by atoms with Crippen LogP contribution < -0.4 is 0 Å². The van der Waals surface area contributed by atoms with Crippen LogP contribution in [0.3, 0.4) is 0 Å². The molecule has 186 valence electrons. The Balaban J connectivity index is 1.27. The molecule has 40 heavy (non-hydrogen) atoms. The van der Waals surface area contributed by atoms with Crippen molar-refractivity contribution in [2.45, 2.75) is 0 Å². The zero-order valence-electron chi connectivity index (χ0n) is 21.3. The maximum Gasteiger partial charge on any atom is 0.180 e. The monoisotopic (exact) mass is 528 g/mol. The predicted octanol–water partition coefficient (Wildman–Crippen LogP) is 10.4. The molecule has 0 amide bonds. The molecule has 0 bridgehead atoms. The summed E-state index contributed by atoms with van der Waals surface area (Å²) in [5.41, 5.74) is 6.60. The van der Waals surface area contributed by atoms with Gasteiger partial charge >= 0.3 is 0 Å². The van der Waals surface area contributed by atoms with E-state index in [1.165, 1.54) is 41.9 Å². The summed E-state index contributed by atoms with van der Waals surface area (Å²) in [6, 6.07) is 40.9. The van der Waals surface area contributed by atoms with Gasteiger partial charge in [-0.25, -0.2) is 9.97 Å². The maximum absolute atomic E-state index is 6.49. The van der Waals surface area contributed by atoms with Gasteiger partial charge in [-0.3, -0.25) is 0 Å². The van der Waals surface area contributed by atoms with Gasteiger partial charge in [0.1, 0.15) is 23.1 Å². The Labute approximate surface area is 233 Å². The largest absolute Gasteiger partial charge is 0.452 e. The minimum Gasteiger partial charge on any atom is -0.452 e. The van der Waals surface area contributed by atoms with E-state index in [9.17, 15) is 0 Å². The van der Waals surface area contributed by atoms with E-state index in [0.29, 0.717) is 0 Å². The summed E-state index contributed by atoms with van der Waals surface area (Å²) in [6.07, 6.45) is 1.66. The van der Waals surface area contributed by atoms with Gasteiger partial charge in [0.05, 0.1) is 5.39 Å². The normalized spacial score (nSPS) is 12.0. The van der Waals surface area contributed by atoms with Crippen molar-refractivity contribution in [3.8, 4) is 22.4 Å². The number of aromatic nitrogens is 2. The molecule has 0 fully saturated rings. The van der Waals surface area contributed by atoms with Crippen molar-refractivity contribution in [3.63, 3.8) is 0 Å². The SMILES string of the molecule is c1cc(-c2ncnc3c2oc2ccc4c5ccccc5ccc4c23)cc(-c2cccc3c2sc2ccccc23)c1. The first-order chi connectivity index (χ1) is 19.8. The number of furan rings is 1. The molecule has 3 aromatic heterocycles. The van der Waals surface area contributed by atoms with E-state index < -0.39 is 0 Å². The van der Waals surface area contributed by atoms with Crippen molar-refractivity contribution in [1.29, 1.82) is 0 Å². The number of hydrogen-bond donors (Lipinski definition) is 0. The van der Waals surface area contributed by atoms with Crippen LogP contribution in [-0.4, -0.2) is 9.97 Å². The number of rotatable bonds is 2. The smallest absolute Gasteiger partial charge is 0.180 e. The van der Waals surface area contributed by atoms with Crippen LogP contribution in [0.5, 0.6) is 0 Å². The molecular weight excluding hydrogens is 508 g/mol. The second-order valence-electron chi connectivity index (χ2n) is 10.2. The molecule has 4 heteroatoms. The second-order valence-corrected chi connectivity index (χ2v) is 11.2. The molecule has 0 aliphatic carbocycles. The van der Waals surface area contributed by atoms with Crippen molar-refractivity contribution in [3.05, 3.63) is 122 Å². The summed E-state index contributed by atoms with van der Waals surface area (Å²) in [4.78, 5) is 9.46. The molecule has 0 saturated heterocycles. The van der Waals surface area contributed by atoms with Gasteiger partial charge in [-0.2, -0.15) is 0 Å². The Morgan fingerprint density at radius 1 is 0.575 bits per heavy atom. The van der Waals surface area contributed by atoms with Crippen molar-refractivity contribution in [1.82, 2.24) is 9.97 Å². The summed E-state index contributed by atoms with van der Waals surface area (Å²) in [5, 5.41) is 8.44. The van der Waals surface area contributed by atoms with E-state index in [1.807, 2.05) is 11.3 Å². The van der Waals surface area contributed by atoms with Crippen LogP contribution in [0.1, 0.15) is 0 Å². The van der Waals surface area contributed by atoms with Gasteiger partial charge in [-0.15, -0.1) is 11.3 Å².